The number of aryl methyl sites for hydroxylation is 1. The largest absolute Gasteiger partial charge is 0.490 e. The molecule has 1 spiro atoms. The van der Waals surface area contributed by atoms with Gasteiger partial charge in [-0.3, -0.25) is 18.9 Å². The molecule has 4 heterocycles. The lowest BCUT2D eigenvalue weighted by Crippen LogP contribution is -2.64. The van der Waals surface area contributed by atoms with Crippen LogP contribution in [-0.2, 0) is 9.53 Å². The van der Waals surface area contributed by atoms with E-state index >= 15 is 0 Å². The van der Waals surface area contributed by atoms with E-state index in [1.807, 2.05) is 24.0 Å². The monoisotopic (exact) mass is 524 g/mol. The van der Waals surface area contributed by atoms with Crippen LogP contribution in [0.1, 0.15) is 54.4 Å². The molecule has 1 saturated carbocycles. The molecule has 2 aromatic rings. The van der Waals surface area contributed by atoms with Gasteiger partial charge in [-0.1, -0.05) is 12.8 Å². The van der Waals surface area contributed by atoms with Gasteiger partial charge < -0.3 is 14.7 Å². The average Bonchev–Trinajstić information content (AvgIpc) is 3.38. The van der Waals surface area contributed by atoms with Gasteiger partial charge in [-0.25, -0.2) is 9.78 Å². The van der Waals surface area contributed by atoms with Crippen molar-refractivity contribution in [3.05, 3.63) is 46.0 Å². The number of carbonyl (C=O) groups is 2. The first-order chi connectivity index (χ1) is 17.5. The van der Waals surface area contributed by atoms with E-state index in [2.05, 4.69) is 9.88 Å². The number of halogens is 3. The zero-order chi connectivity index (χ0) is 26.8. The SMILES string of the molecule is Cc1ccn2c(=O)c(C(=O)N3CCOC4(CCCCC4N4CCCC4)C3)cnc2c1.O=C(O)C(F)(F)F. The van der Waals surface area contributed by atoms with Gasteiger partial charge in [0, 0.05) is 25.0 Å². The van der Waals surface area contributed by atoms with Gasteiger partial charge in [-0.2, -0.15) is 13.2 Å². The molecular formula is C25H31F3N4O5. The minimum Gasteiger partial charge on any atom is -0.475 e. The quantitative estimate of drug-likeness (QED) is 0.644. The van der Waals surface area contributed by atoms with Crippen LogP contribution in [0.15, 0.2) is 29.3 Å². The number of aliphatic carboxylic acids is 1. The molecule has 3 aliphatic rings. The third kappa shape index (κ3) is 5.80. The number of carboxylic acids is 1. The number of hydrogen-bond acceptors (Lipinski definition) is 6. The number of amides is 1. The van der Waals surface area contributed by atoms with E-state index in [0.29, 0.717) is 31.4 Å². The molecule has 2 atom stereocenters. The fraction of sp³-hybridized carbons (Fsp3) is 0.600. The molecule has 2 saturated heterocycles. The second kappa shape index (κ2) is 10.8. The lowest BCUT2D eigenvalue weighted by molar-refractivity contribution is -0.192. The molecule has 37 heavy (non-hydrogen) atoms. The summed E-state index contributed by atoms with van der Waals surface area (Å²) in [5.74, 6) is -2.98. The predicted molar refractivity (Wildman–Crippen MR) is 128 cm³/mol. The Labute approximate surface area is 211 Å². The topological polar surface area (TPSA) is 104 Å². The van der Waals surface area contributed by atoms with Gasteiger partial charge in [0.15, 0.2) is 0 Å². The first kappa shape index (κ1) is 27.1. The number of hydrogen-bond donors (Lipinski definition) is 1. The van der Waals surface area contributed by atoms with Gasteiger partial charge in [-0.05, 0) is 63.4 Å². The van der Waals surface area contributed by atoms with Gasteiger partial charge in [0.2, 0.25) is 0 Å². The molecular weight excluding hydrogens is 493 g/mol. The highest BCUT2D eigenvalue weighted by Crippen LogP contribution is 2.39. The summed E-state index contributed by atoms with van der Waals surface area (Å²) in [6.07, 6.45) is 5.00. The Kier molecular flexibility index (Phi) is 7.88. The molecule has 2 aliphatic heterocycles. The molecule has 5 rings (SSSR count). The summed E-state index contributed by atoms with van der Waals surface area (Å²) in [6.45, 7) is 5.81. The zero-order valence-electron chi connectivity index (χ0n) is 20.7. The number of fused-ring (bicyclic) bond motifs is 1. The fourth-order valence-corrected chi connectivity index (χ4v) is 5.59. The third-order valence-corrected chi connectivity index (χ3v) is 7.35. The van der Waals surface area contributed by atoms with E-state index in [-0.39, 0.29) is 22.6 Å². The first-order valence-electron chi connectivity index (χ1n) is 12.5. The van der Waals surface area contributed by atoms with E-state index in [0.717, 1.165) is 37.9 Å². The molecule has 1 aliphatic carbocycles. The van der Waals surface area contributed by atoms with Crippen molar-refractivity contribution in [3.8, 4) is 0 Å². The molecule has 3 fully saturated rings. The summed E-state index contributed by atoms with van der Waals surface area (Å²) in [5.41, 5.74) is 1.12. The van der Waals surface area contributed by atoms with Crippen molar-refractivity contribution in [3.63, 3.8) is 0 Å². The van der Waals surface area contributed by atoms with Crippen molar-refractivity contribution >= 4 is 17.5 Å². The molecule has 1 amide bonds. The highest BCUT2D eigenvalue weighted by Gasteiger charge is 2.49. The molecule has 2 unspecified atom stereocenters. The minimum absolute atomic E-state index is 0.141. The van der Waals surface area contributed by atoms with Crippen LogP contribution in [0.2, 0.25) is 0 Å². The van der Waals surface area contributed by atoms with Gasteiger partial charge in [0.05, 0.1) is 13.2 Å². The van der Waals surface area contributed by atoms with Gasteiger partial charge in [0.25, 0.3) is 11.5 Å². The number of carbonyl (C=O) groups excluding carboxylic acids is 1. The number of morpholine rings is 1. The zero-order valence-corrected chi connectivity index (χ0v) is 20.7. The summed E-state index contributed by atoms with van der Waals surface area (Å²) in [6, 6.07) is 4.07. The number of alkyl halides is 3. The van der Waals surface area contributed by atoms with E-state index in [4.69, 9.17) is 14.6 Å². The fourth-order valence-electron chi connectivity index (χ4n) is 5.59. The van der Waals surface area contributed by atoms with Crippen molar-refractivity contribution in [2.45, 2.75) is 63.3 Å². The summed E-state index contributed by atoms with van der Waals surface area (Å²) in [7, 11) is 0. The molecule has 0 radical (unpaired) electrons. The number of ether oxygens (including phenoxy) is 1. The Morgan fingerprint density at radius 3 is 2.54 bits per heavy atom. The third-order valence-electron chi connectivity index (χ3n) is 7.35. The van der Waals surface area contributed by atoms with Crippen LogP contribution in [0.25, 0.3) is 5.65 Å². The van der Waals surface area contributed by atoms with Crippen molar-refractivity contribution in [2.75, 3.05) is 32.8 Å². The highest BCUT2D eigenvalue weighted by molar-refractivity contribution is 5.94. The second-order valence-corrected chi connectivity index (χ2v) is 9.86. The number of carboxylic acid groups (broad SMARTS) is 1. The standard InChI is InChI=1S/C23H30N4O3.C2HF3O2/c1-17-7-11-27-20(14-17)24-15-18(22(27)29)21(28)26-12-13-30-23(16-26)8-3-2-6-19(23)25-9-4-5-10-25;3-2(4,5)1(6)7/h7,11,14-15,19H,2-6,8-10,12-13,16H2,1H3;(H,6,7). The maximum Gasteiger partial charge on any atom is 0.490 e. The van der Waals surface area contributed by atoms with E-state index in [9.17, 15) is 22.8 Å². The normalized spacial score (nSPS) is 24.6. The summed E-state index contributed by atoms with van der Waals surface area (Å²) < 4.78 is 39.6. The predicted octanol–water partition coefficient (Wildman–Crippen LogP) is 2.89. The molecule has 2 aromatic heterocycles. The smallest absolute Gasteiger partial charge is 0.475 e. The Balaban J connectivity index is 0.000000405. The molecule has 9 nitrogen and oxygen atoms in total. The number of aromatic nitrogens is 2. The molecule has 0 aromatic carbocycles. The van der Waals surface area contributed by atoms with Crippen LogP contribution in [0.5, 0.6) is 0 Å². The lowest BCUT2D eigenvalue weighted by atomic mass is 9.78. The van der Waals surface area contributed by atoms with Crippen molar-refractivity contribution in [2.24, 2.45) is 0 Å². The van der Waals surface area contributed by atoms with E-state index in [1.54, 1.807) is 6.20 Å². The second-order valence-electron chi connectivity index (χ2n) is 9.86. The van der Waals surface area contributed by atoms with E-state index in [1.165, 1.54) is 29.9 Å². The number of likely N-dealkylation sites (tertiary alicyclic amines) is 1. The summed E-state index contributed by atoms with van der Waals surface area (Å²) >= 11 is 0. The maximum absolute atomic E-state index is 13.4. The van der Waals surface area contributed by atoms with Crippen LogP contribution in [0.4, 0.5) is 13.2 Å². The van der Waals surface area contributed by atoms with Gasteiger partial charge >= 0.3 is 12.1 Å². The van der Waals surface area contributed by atoms with Crippen molar-refractivity contribution in [1.29, 1.82) is 0 Å². The molecule has 12 heteroatoms. The Morgan fingerprint density at radius 1 is 1.16 bits per heavy atom. The van der Waals surface area contributed by atoms with Crippen molar-refractivity contribution in [1.82, 2.24) is 19.2 Å². The summed E-state index contributed by atoms with van der Waals surface area (Å²) in [5, 5.41) is 7.12. The van der Waals surface area contributed by atoms with Crippen LogP contribution in [-0.4, -0.2) is 86.8 Å². The number of rotatable bonds is 2. The molecule has 0 bridgehead atoms. The van der Waals surface area contributed by atoms with Crippen LogP contribution < -0.4 is 5.56 Å². The summed E-state index contributed by atoms with van der Waals surface area (Å²) in [4.78, 5) is 44.1. The maximum atomic E-state index is 13.4. The van der Waals surface area contributed by atoms with Crippen LogP contribution >= 0.6 is 0 Å². The van der Waals surface area contributed by atoms with Crippen LogP contribution in [0.3, 0.4) is 0 Å². The molecule has 1 N–H and O–H groups in total. The average molecular weight is 525 g/mol. The number of nitrogens with zero attached hydrogens (tertiary/aromatic N) is 4. The highest BCUT2D eigenvalue weighted by atomic mass is 19.4. The van der Waals surface area contributed by atoms with Gasteiger partial charge in [-0.15, -0.1) is 0 Å². The Hall–Kier alpha value is -2.99. The number of pyridine rings is 1. The lowest BCUT2D eigenvalue weighted by Gasteiger charge is -2.52. The first-order valence-corrected chi connectivity index (χ1v) is 12.5. The molecule has 202 valence electrons. The minimum atomic E-state index is -5.08. The Bertz CT molecular complexity index is 1210. The van der Waals surface area contributed by atoms with Crippen molar-refractivity contribution < 1.29 is 32.6 Å². The van der Waals surface area contributed by atoms with E-state index < -0.39 is 12.1 Å². The Morgan fingerprint density at radius 2 is 1.86 bits per heavy atom. The van der Waals surface area contributed by atoms with Gasteiger partial charge in [0.1, 0.15) is 16.8 Å². The van der Waals surface area contributed by atoms with Crippen LogP contribution in [0, 0.1) is 6.92 Å².